The van der Waals surface area contributed by atoms with Crippen LogP contribution in [0.5, 0.6) is 0 Å². The lowest BCUT2D eigenvalue weighted by Gasteiger charge is -2.22. The van der Waals surface area contributed by atoms with E-state index < -0.39 is 11.4 Å². The summed E-state index contributed by atoms with van der Waals surface area (Å²) in [5, 5.41) is 11.5. The van der Waals surface area contributed by atoms with Crippen LogP contribution in [-0.2, 0) is 4.79 Å². The first kappa shape index (κ1) is 12.5. The molecule has 0 saturated heterocycles. The molecule has 0 atom stereocenters. The van der Waals surface area contributed by atoms with Crippen LogP contribution in [0.3, 0.4) is 0 Å². The van der Waals surface area contributed by atoms with E-state index in [1.807, 2.05) is 6.92 Å². The number of carboxylic acids is 1. The highest BCUT2D eigenvalue weighted by molar-refractivity contribution is 5.99. The Morgan fingerprint density at radius 1 is 1.28 bits per heavy atom. The Morgan fingerprint density at radius 3 is 2.50 bits per heavy atom. The highest BCUT2D eigenvalue weighted by atomic mass is 16.4. The number of carboxylic acid groups (broad SMARTS) is 1. The molecule has 18 heavy (non-hydrogen) atoms. The van der Waals surface area contributed by atoms with Gasteiger partial charge in [0.05, 0.1) is 0 Å². The molecule has 6 nitrogen and oxygen atoms in total. The van der Waals surface area contributed by atoms with Crippen LogP contribution >= 0.6 is 0 Å². The molecule has 96 valence electrons. The molecular formula is C12H15N3O3. The van der Waals surface area contributed by atoms with Gasteiger partial charge in [0.2, 0.25) is 5.91 Å². The predicted molar refractivity (Wildman–Crippen MR) is 64.2 cm³/mol. The first-order chi connectivity index (χ1) is 8.53. The summed E-state index contributed by atoms with van der Waals surface area (Å²) in [5.74, 6) is -1.36. The molecule has 1 aromatic rings. The van der Waals surface area contributed by atoms with Crippen molar-refractivity contribution in [3.63, 3.8) is 0 Å². The van der Waals surface area contributed by atoms with Gasteiger partial charge in [-0.05, 0) is 12.8 Å². The van der Waals surface area contributed by atoms with Crippen molar-refractivity contribution in [3.05, 3.63) is 18.1 Å². The van der Waals surface area contributed by atoms with Gasteiger partial charge in [0, 0.05) is 17.8 Å². The first-order valence-electron chi connectivity index (χ1n) is 5.89. The third-order valence-corrected chi connectivity index (χ3v) is 3.39. The number of nitrogens with one attached hydrogen (secondary N) is 1. The summed E-state index contributed by atoms with van der Waals surface area (Å²) in [6.45, 7) is 1.89. The molecule has 1 aliphatic carbocycles. The molecule has 1 aliphatic rings. The number of aromatic carboxylic acids is 1. The lowest BCUT2D eigenvalue weighted by molar-refractivity contribution is -0.124. The number of nitrogens with zero attached hydrogens (tertiary/aromatic N) is 2. The molecule has 0 radical (unpaired) electrons. The van der Waals surface area contributed by atoms with Crippen LogP contribution in [0.2, 0.25) is 0 Å². The van der Waals surface area contributed by atoms with Crippen molar-refractivity contribution in [1.82, 2.24) is 9.97 Å². The molecule has 0 bridgehead atoms. The minimum atomic E-state index is -1.20. The smallest absolute Gasteiger partial charge is 0.358 e. The fourth-order valence-corrected chi connectivity index (χ4v) is 2.23. The number of rotatable bonds is 3. The van der Waals surface area contributed by atoms with E-state index in [0.717, 1.165) is 25.7 Å². The summed E-state index contributed by atoms with van der Waals surface area (Å²) in [6.07, 6.45) is 6.34. The normalized spacial score (nSPS) is 17.4. The van der Waals surface area contributed by atoms with Gasteiger partial charge in [-0.15, -0.1) is 0 Å². The monoisotopic (exact) mass is 249 g/mol. The predicted octanol–water partition coefficient (Wildman–Crippen LogP) is 1.69. The van der Waals surface area contributed by atoms with E-state index in [0.29, 0.717) is 0 Å². The Hall–Kier alpha value is -1.98. The van der Waals surface area contributed by atoms with Crippen LogP contribution in [0, 0.1) is 5.41 Å². The van der Waals surface area contributed by atoms with E-state index in [1.54, 1.807) is 0 Å². The summed E-state index contributed by atoms with van der Waals surface area (Å²) in [4.78, 5) is 30.7. The van der Waals surface area contributed by atoms with E-state index in [9.17, 15) is 9.59 Å². The number of carbonyl (C=O) groups is 2. The summed E-state index contributed by atoms with van der Waals surface area (Å²) >= 11 is 0. The maximum atomic E-state index is 12.1. The fraction of sp³-hybridized carbons (Fsp3) is 0.500. The van der Waals surface area contributed by atoms with Gasteiger partial charge in [-0.3, -0.25) is 4.79 Å². The second-order valence-corrected chi connectivity index (χ2v) is 4.78. The average Bonchev–Trinajstić information content (AvgIpc) is 2.78. The molecule has 2 N–H and O–H groups in total. The minimum Gasteiger partial charge on any atom is -0.476 e. The standard InChI is InChI=1S/C12H15N3O3/c1-12(4-2-3-5-12)11(18)15-9-8(10(16)17)13-6-7-14-9/h6-7H,2-5H2,1H3,(H,16,17)(H,14,15,18). The quantitative estimate of drug-likeness (QED) is 0.850. The van der Waals surface area contributed by atoms with Gasteiger partial charge in [-0.1, -0.05) is 19.8 Å². The zero-order valence-corrected chi connectivity index (χ0v) is 10.1. The van der Waals surface area contributed by atoms with Crippen molar-refractivity contribution in [3.8, 4) is 0 Å². The topological polar surface area (TPSA) is 92.2 Å². The molecule has 1 heterocycles. The Labute approximate surface area is 104 Å². The Balaban J connectivity index is 2.19. The molecule has 1 amide bonds. The molecule has 1 fully saturated rings. The molecule has 0 spiro atoms. The zero-order chi connectivity index (χ0) is 13.2. The Morgan fingerprint density at radius 2 is 1.89 bits per heavy atom. The summed E-state index contributed by atoms with van der Waals surface area (Å²) < 4.78 is 0. The number of aromatic nitrogens is 2. The maximum absolute atomic E-state index is 12.1. The highest BCUT2D eigenvalue weighted by Crippen LogP contribution is 2.38. The molecule has 0 aliphatic heterocycles. The van der Waals surface area contributed by atoms with Gasteiger partial charge < -0.3 is 10.4 Å². The van der Waals surface area contributed by atoms with Crippen LogP contribution in [0.4, 0.5) is 5.82 Å². The Bertz CT molecular complexity index is 481. The molecule has 1 saturated carbocycles. The first-order valence-corrected chi connectivity index (χ1v) is 5.89. The van der Waals surface area contributed by atoms with Gasteiger partial charge in [-0.25, -0.2) is 14.8 Å². The van der Waals surface area contributed by atoms with Crippen molar-refractivity contribution in [2.24, 2.45) is 5.41 Å². The fourth-order valence-electron chi connectivity index (χ4n) is 2.23. The van der Waals surface area contributed by atoms with Gasteiger partial charge in [0.1, 0.15) is 0 Å². The van der Waals surface area contributed by atoms with E-state index in [4.69, 9.17) is 5.11 Å². The van der Waals surface area contributed by atoms with E-state index >= 15 is 0 Å². The zero-order valence-electron chi connectivity index (χ0n) is 10.1. The number of carbonyl (C=O) groups excluding carboxylic acids is 1. The number of hydrogen-bond donors (Lipinski definition) is 2. The van der Waals surface area contributed by atoms with Gasteiger partial charge in [0.15, 0.2) is 11.5 Å². The van der Waals surface area contributed by atoms with Crippen molar-refractivity contribution in [2.45, 2.75) is 32.6 Å². The molecule has 0 aromatic carbocycles. The summed E-state index contributed by atoms with van der Waals surface area (Å²) in [6, 6.07) is 0. The van der Waals surface area contributed by atoms with E-state index in [1.165, 1.54) is 12.4 Å². The third-order valence-electron chi connectivity index (χ3n) is 3.39. The maximum Gasteiger partial charge on any atom is 0.358 e. The second kappa shape index (κ2) is 4.72. The van der Waals surface area contributed by atoms with Crippen LogP contribution < -0.4 is 5.32 Å². The lowest BCUT2D eigenvalue weighted by atomic mass is 9.88. The molecule has 1 aromatic heterocycles. The van der Waals surface area contributed by atoms with Crippen molar-refractivity contribution >= 4 is 17.7 Å². The number of amides is 1. The summed E-state index contributed by atoms with van der Waals surface area (Å²) in [7, 11) is 0. The molecule has 0 unspecified atom stereocenters. The number of hydrogen-bond acceptors (Lipinski definition) is 4. The third kappa shape index (κ3) is 2.32. The summed E-state index contributed by atoms with van der Waals surface area (Å²) in [5.41, 5.74) is -0.653. The molecule has 2 rings (SSSR count). The van der Waals surface area contributed by atoms with Crippen LogP contribution in [0.15, 0.2) is 12.4 Å². The van der Waals surface area contributed by atoms with Crippen molar-refractivity contribution in [2.75, 3.05) is 5.32 Å². The van der Waals surface area contributed by atoms with Crippen molar-refractivity contribution in [1.29, 1.82) is 0 Å². The van der Waals surface area contributed by atoms with Crippen LogP contribution in [0.25, 0.3) is 0 Å². The minimum absolute atomic E-state index is 0.0168. The van der Waals surface area contributed by atoms with E-state index in [2.05, 4.69) is 15.3 Å². The van der Waals surface area contributed by atoms with Gasteiger partial charge >= 0.3 is 5.97 Å². The van der Waals surface area contributed by atoms with Crippen LogP contribution in [0.1, 0.15) is 43.1 Å². The van der Waals surface area contributed by atoms with E-state index in [-0.39, 0.29) is 17.4 Å². The highest BCUT2D eigenvalue weighted by Gasteiger charge is 2.36. The molecular weight excluding hydrogens is 234 g/mol. The molecule has 6 heteroatoms. The van der Waals surface area contributed by atoms with Gasteiger partial charge in [0.25, 0.3) is 0 Å². The van der Waals surface area contributed by atoms with Crippen LogP contribution in [-0.4, -0.2) is 27.0 Å². The lowest BCUT2D eigenvalue weighted by Crippen LogP contribution is -2.32. The number of anilines is 1. The van der Waals surface area contributed by atoms with Crippen molar-refractivity contribution < 1.29 is 14.7 Å². The average molecular weight is 249 g/mol. The second-order valence-electron chi connectivity index (χ2n) is 4.78. The largest absolute Gasteiger partial charge is 0.476 e. The SMILES string of the molecule is CC1(C(=O)Nc2nccnc2C(=O)O)CCCC1. The Kier molecular flexibility index (Phi) is 3.27. The van der Waals surface area contributed by atoms with Gasteiger partial charge in [-0.2, -0.15) is 0 Å².